The minimum Gasteiger partial charge on any atom is -0.489 e. The average Bonchev–Trinajstić information content (AvgIpc) is 2.29. The fourth-order valence-corrected chi connectivity index (χ4v) is 0.869. The maximum atomic E-state index is 5.44. The second kappa shape index (κ2) is 8.78. The molecule has 0 atom stereocenters. The maximum absolute atomic E-state index is 5.44. The molecule has 0 unspecified atom stereocenters. The minimum atomic E-state index is 0.507. The second-order valence-corrected chi connectivity index (χ2v) is 3.67. The summed E-state index contributed by atoms with van der Waals surface area (Å²) in [5, 5.41) is 0. The van der Waals surface area contributed by atoms with Crippen molar-refractivity contribution in [3.63, 3.8) is 0 Å². The Labute approximate surface area is 99.5 Å². The minimum absolute atomic E-state index is 0.507. The van der Waals surface area contributed by atoms with Crippen LogP contribution in [0.5, 0.6) is 5.75 Å². The third-order valence-corrected chi connectivity index (χ3v) is 1.73. The molecule has 0 saturated heterocycles. The smallest absolute Gasteiger partial charge is 0.119 e. The molecule has 0 spiro atoms. The fourth-order valence-electron chi connectivity index (χ4n) is 0.869. The number of benzene rings is 1. The molecular weight excluding hydrogens is 196 g/mol. The van der Waals surface area contributed by atoms with Crippen LogP contribution in [-0.2, 0) is 0 Å². The summed E-state index contributed by atoms with van der Waals surface area (Å²) in [6.45, 7) is 14.2. The Morgan fingerprint density at radius 2 is 1.75 bits per heavy atom. The Hall–Kier alpha value is -1.50. The first kappa shape index (κ1) is 14.5. The van der Waals surface area contributed by atoms with Gasteiger partial charge in [0.2, 0.25) is 0 Å². The highest BCUT2D eigenvalue weighted by Crippen LogP contribution is 2.12. The first-order valence-corrected chi connectivity index (χ1v) is 5.63. The predicted molar refractivity (Wildman–Crippen MR) is 72.0 cm³/mol. The van der Waals surface area contributed by atoms with Crippen molar-refractivity contribution in [3.05, 3.63) is 54.6 Å². The summed E-state index contributed by atoms with van der Waals surface area (Å²) in [5.41, 5.74) is 2.12. The van der Waals surface area contributed by atoms with E-state index in [0.717, 1.165) is 11.3 Å². The van der Waals surface area contributed by atoms with Gasteiger partial charge in [0.05, 0.1) is 0 Å². The van der Waals surface area contributed by atoms with E-state index in [1.54, 1.807) is 6.08 Å². The Kier molecular flexibility index (Phi) is 7.96. The Bertz CT molecular complexity index is 309. The lowest BCUT2D eigenvalue weighted by atomic mass is 10.2. The van der Waals surface area contributed by atoms with Gasteiger partial charge in [-0.3, -0.25) is 0 Å². The zero-order valence-corrected chi connectivity index (χ0v) is 10.6. The topological polar surface area (TPSA) is 9.23 Å². The van der Waals surface area contributed by atoms with Gasteiger partial charge in [-0.1, -0.05) is 57.2 Å². The van der Waals surface area contributed by atoms with Crippen LogP contribution in [0, 0.1) is 6.92 Å². The first-order valence-electron chi connectivity index (χ1n) is 5.63. The molecule has 0 aromatic heterocycles. The van der Waals surface area contributed by atoms with Gasteiger partial charge in [-0.05, 0) is 24.6 Å². The van der Waals surface area contributed by atoms with Crippen molar-refractivity contribution in [3.8, 4) is 5.75 Å². The lowest BCUT2D eigenvalue weighted by molar-refractivity contribution is 0.356. The van der Waals surface area contributed by atoms with Gasteiger partial charge in [-0.15, -0.1) is 0 Å². The van der Waals surface area contributed by atoms with Gasteiger partial charge in [-0.2, -0.15) is 0 Å². The van der Waals surface area contributed by atoms with E-state index < -0.39 is 0 Å². The fraction of sp³-hybridized carbons (Fsp3) is 0.333. The van der Waals surface area contributed by atoms with E-state index in [1.165, 1.54) is 12.0 Å². The summed E-state index contributed by atoms with van der Waals surface area (Å²) >= 11 is 0. The number of ether oxygens (including phenoxy) is 1. The van der Waals surface area contributed by atoms with E-state index in [0.29, 0.717) is 6.61 Å². The van der Waals surface area contributed by atoms with Gasteiger partial charge in [-0.25, -0.2) is 0 Å². The van der Waals surface area contributed by atoms with Gasteiger partial charge in [0, 0.05) is 0 Å². The molecule has 0 aliphatic carbocycles. The Morgan fingerprint density at radius 1 is 1.25 bits per heavy atom. The largest absolute Gasteiger partial charge is 0.489 e. The van der Waals surface area contributed by atoms with Crippen LogP contribution >= 0.6 is 0 Å². The van der Waals surface area contributed by atoms with Crippen molar-refractivity contribution < 1.29 is 4.74 Å². The van der Waals surface area contributed by atoms with Crippen LogP contribution in [0.3, 0.4) is 0 Å². The first-order chi connectivity index (χ1) is 7.63. The summed E-state index contributed by atoms with van der Waals surface area (Å²) in [5.74, 6) is 0.869. The van der Waals surface area contributed by atoms with Crippen molar-refractivity contribution >= 4 is 0 Å². The lowest BCUT2D eigenvalue weighted by Gasteiger charge is -2.05. The van der Waals surface area contributed by atoms with Crippen LogP contribution < -0.4 is 4.74 Å². The van der Waals surface area contributed by atoms with E-state index in [-0.39, 0.29) is 0 Å². The van der Waals surface area contributed by atoms with E-state index in [4.69, 9.17) is 4.74 Å². The molecule has 1 rings (SSSR count). The van der Waals surface area contributed by atoms with Crippen LogP contribution in [0.1, 0.15) is 25.8 Å². The molecule has 0 amide bonds. The quantitative estimate of drug-likeness (QED) is 0.674. The second-order valence-electron chi connectivity index (χ2n) is 3.67. The van der Waals surface area contributed by atoms with Crippen LogP contribution in [0.15, 0.2) is 49.1 Å². The van der Waals surface area contributed by atoms with Gasteiger partial charge in [0.25, 0.3) is 0 Å². The molecule has 0 bridgehead atoms. The van der Waals surface area contributed by atoms with Gasteiger partial charge in [0.1, 0.15) is 12.4 Å². The molecule has 88 valence electrons. The monoisotopic (exact) mass is 218 g/mol. The highest BCUT2D eigenvalue weighted by atomic mass is 16.5. The Morgan fingerprint density at radius 3 is 2.19 bits per heavy atom. The number of hydrogen-bond donors (Lipinski definition) is 0. The van der Waals surface area contributed by atoms with Gasteiger partial charge >= 0.3 is 0 Å². The molecular formula is C15H22O. The third kappa shape index (κ3) is 6.88. The van der Waals surface area contributed by atoms with Crippen LogP contribution in [-0.4, -0.2) is 6.61 Å². The van der Waals surface area contributed by atoms with Gasteiger partial charge < -0.3 is 4.74 Å². The molecule has 1 nitrogen and oxygen atoms in total. The lowest BCUT2D eigenvalue weighted by Crippen LogP contribution is -1.97. The summed E-state index contributed by atoms with van der Waals surface area (Å²) in [6, 6.07) is 7.94. The zero-order valence-electron chi connectivity index (χ0n) is 10.6. The number of aryl methyl sites for hydroxylation is 1. The SMILES string of the molecule is C=CC(=C)COc1ccc(C)cc1.CCC. The Balaban J connectivity index is 0.000000673. The molecule has 16 heavy (non-hydrogen) atoms. The highest BCUT2D eigenvalue weighted by molar-refractivity contribution is 5.27. The van der Waals surface area contributed by atoms with E-state index in [9.17, 15) is 0 Å². The molecule has 1 heteroatoms. The molecule has 1 aromatic rings. The van der Waals surface area contributed by atoms with Crippen molar-refractivity contribution in [2.75, 3.05) is 6.61 Å². The molecule has 0 aliphatic heterocycles. The third-order valence-electron chi connectivity index (χ3n) is 1.73. The van der Waals surface area contributed by atoms with E-state index in [1.807, 2.05) is 31.2 Å². The molecule has 0 saturated carbocycles. The molecule has 0 aliphatic rings. The van der Waals surface area contributed by atoms with Crippen molar-refractivity contribution in [1.29, 1.82) is 0 Å². The molecule has 0 heterocycles. The highest BCUT2D eigenvalue weighted by Gasteiger charge is 1.92. The van der Waals surface area contributed by atoms with Gasteiger partial charge in [0.15, 0.2) is 0 Å². The predicted octanol–water partition coefficient (Wildman–Crippen LogP) is 4.53. The summed E-state index contributed by atoms with van der Waals surface area (Å²) in [4.78, 5) is 0. The number of rotatable bonds is 4. The standard InChI is InChI=1S/C12H14O.C3H8/c1-4-10(2)9-13-12-7-5-11(3)6-8-12;1-3-2/h4-8H,1-2,9H2,3H3;3H2,1-2H3. The molecule has 0 N–H and O–H groups in total. The maximum Gasteiger partial charge on any atom is 0.119 e. The summed E-state index contributed by atoms with van der Waals surface area (Å²) in [6.07, 6.45) is 2.95. The normalized spacial score (nSPS) is 8.69. The summed E-state index contributed by atoms with van der Waals surface area (Å²) < 4.78 is 5.44. The molecule has 0 radical (unpaired) electrons. The van der Waals surface area contributed by atoms with E-state index in [2.05, 4.69) is 27.0 Å². The van der Waals surface area contributed by atoms with Crippen LogP contribution in [0.25, 0.3) is 0 Å². The zero-order chi connectivity index (χ0) is 12.4. The van der Waals surface area contributed by atoms with E-state index >= 15 is 0 Å². The average molecular weight is 218 g/mol. The van der Waals surface area contributed by atoms with Crippen molar-refractivity contribution in [1.82, 2.24) is 0 Å². The van der Waals surface area contributed by atoms with Crippen LogP contribution in [0.2, 0.25) is 0 Å². The summed E-state index contributed by atoms with van der Waals surface area (Å²) in [7, 11) is 0. The number of hydrogen-bond acceptors (Lipinski definition) is 1. The molecule has 0 fully saturated rings. The van der Waals surface area contributed by atoms with Crippen molar-refractivity contribution in [2.24, 2.45) is 0 Å². The van der Waals surface area contributed by atoms with Crippen LogP contribution in [0.4, 0.5) is 0 Å². The molecule has 1 aromatic carbocycles. The van der Waals surface area contributed by atoms with Crippen molar-refractivity contribution in [2.45, 2.75) is 27.2 Å².